The van der Waals surface area contributed by atoms with E-state index in [9.17, 15) is 18.7 Å². The van der Waals surface area contributed by atoms with Crippen LogP contribution in [0.4, 0.5) is 8.78 Å². The fraction of sp³-hybridized carbons (Fsp3) is 0.278. The average molecular weight is 335 g/mol. The van der Waals surface area contributed by atoms with E-state index in [-0.39, 0.29) is 17.7 Å². The smallest absolute Gasteiger partial charge is 0.251 e. The van der Waals surface area contributed by atoms with E-state index >= 15 is 0 Å². The van der Waals surface area contributed by atoms with Crippen molar-refractivity contribution in [1.29, 1.82) is 0 Å². The molecule has 0 aliphatic heterocycles. The number of carbonyl (C=O) groups excluding carboxylic acids is 1. The second-order valence-corrected chi connectivity index (χ2v) is 5.50. The largest absolute Gasteiger partial charge is 0.386 e. The van der Waals surface area contributed by atoms with E-state index in [4.69, 9.17) is 4.74 Å². The van der Waals surface area contributed by atoms with Crippen LogP contribution < -0.4 is 5.32 Å². The molecule has 128 valence electrons. The number of ether oxygens (including phenoxy) is 1. The molecule has 2 aromatic rings. The van der Waals surface area contributed by atoms with Crippen LogP contribution in [-0.2, 0) is 11.3 Å². The maximum Gasteiger partial charge on any atom is 0.251 e. The number of hydrogen-bond donors (Lipinski definition) is 2. The molecule has 0 saturated carbocycles. The number of hydrogen-bond acceptors (Lipinski definition) is 3. The van der Waals surface area contributed by atoms with Gasteiger partial charge in [0, 0.05) is 18.2 Å². The number of rotatable bonds is 6. The van der Waals surface area contributed by atoms with Crippen LogP contribution in [-0.4, -0.2) is 24.2 Å². The van der Waals surface area contributed by atoms with Crippen molar-refractivity contribution < 1.29 is 23.4 Å². The molecule has 0 heterocycles. The van der Waals surface area contributed by atoms with Gasteiger partial charge in [-0.25, -0.2) is 8.78 Å². The van der Waals surface area contributed by atoms with Gasteiger partial charge in [0.25, 0.3) is 5.91 Å². The summed E-state index contributed by atoms with van der Waals surface area (Å²) in [5, 5.41) is 12.9. The third kappa shape index (κ3) is 4.37. The van der Waals surface area contributed by atoms with Gasteiger partial charge >= 0.3 is 0 Å². The van der Waals surface area contributed by atoms with Gasteiger partial charge in [-0.15, -0.1) is 0 Å². The predicted octanol–water partition coefficient (Wildman–Crippen LogP) is 2.96. The highest BCUT2D eigenvalue weighted by molar-refractivity contribution is 5.94. The molecule has 2 N–H and O–H groups in total. The Kier molecular flexibility index (Phi) is 6.00. The minimum absolute atomic E-state index is 0.0563. The van der Waals surface area contributed by atoms with E-state index in [1.165, 1.54) is 49.6 Å². The van der Waals surface area contributed by atoms with Crippen LogP contribution in [0, 0.1) is 11.6 Å². The lowest BCUT2D eigenvalue weighted by molar-refractivity contribution is 0.0851. The number of carbonyl (C=O) groups is 1. The van der Waals surface area contributed by atoms with Crippen molar-refractivity contribution in [3.8, 4) is 0 Å². The quantitative estimate of drug-likeness (QED) is 0.853. The summed E-state index contributed by atoms with van der Waals surface area (Å²) in [6.07, 6.45) is -0.992. The molecule has 2 atom stereocenters. The molecular weight excluding hydrogens is 316 g/mol. The molecular formula is C18H19F2NO3. The number of nitrogens with one attached hydrogen (secondary N) is 1. The number of methoxy groups -OCH3 is 1. The molecule has 0 aromatic heterocycles. The molecule has 4 nitrogen and oxygen atoms in total. The first-order valence-electron chi connectivity index (χ1n) is 7.44. The Bertz CT molecular complexity index is 704. The van der Waals surface area contributed by atoms with Gasteiger partial charge in [-0.1, -0.05) is 12.1 Å². The van der Waals surface area contributed by atoms with Crippen LogP contribution in [0.25, 0.3) is 0 Å². The van der Waals surface area contributed by atoms with Crippen LogP contribution in [0.3, 0.4) is 0 Å². The van der Waals surface area contributed by atoms with Gasteiger partial charge in [-0.05, 0) is 42.8 Å². The fourth-order valence-corrected chi connectivity index (χ4v) is 2.30. The van der Waals surface area contributed by atoms with Crippen molar-refractivity contribution in [2.24, 2.45) is 0 Å². The van der Waals surface area contributed by atoms with Gasteiger partial charge in [-0.2, -0.15) is 0 Å². The van der Waals surface area contributed by atoms with Crippen molar-refractivity contribution in [1.82, 2.24) is 5.32 Å². The zero-order valence-corrected chi connectivity index (χ0v) is 13.4. The normalized spacial score (nSPS) is 13.4. The summed E-state index contributed by atoms with van der Waals surface area (Å²) in [7, 11) is 1.44. The molecule has 1 amide bonds. The van der Waals surface area contributed by atoms with Gasteiger partial charge in [-0.3, -0.25) is 4.79 Å². The molecule has 24 heavy (non-hydrogen) atoms. The molecule has 2 aromatic carbocycles. The topological polar surface area (TPSA) is 58.6 Å². The van der Waals surface area contributed by atoms with E-state index in [0.29, 0.717) is 5.56 Å². The highest BCUT2D eigenvalue weighted by Crippen LogP contribution is 2.18. The monoisotopic (exact) mass is 335 g/mol. The Morgan fingerprint density at radius 3 is 2.50 bits per heavy atom. The Balaban J connectivity index is 2.08. The van der Waals surface area contributed by atoms with Gasteiger partial charge in [0.05, 0.1) is 18.8 Å². The summed E-state index contributed by atoms with van der Waals surface area (Å²) in [5.74, 6) is -1.30. The van der Waals surface area contributed by atoms with Crippen LogP contribution in [0.5, 0.6) is 0 Å². The number of halogens is 2. The van der Waals surface area contributed by atoms with E-state index in [1.54, 1.807) is 6.92 Å². The molecule has 0 bridgehead atoms. The summed E-state index contributed by atoms with van der Waals surface area (Å²) in [5.41, 5.74) is 1.03. The minimum atomic E-state index is -0.992. The van der Waals surface area contributed by atoms with Crippen molar-refractivity contribution >= 4 is 5.91 Å². The standard InChI is InChI=1S/C18H19F2NO3/c1-11(17(22)12-3-6-15(19)7-4-12)21-18(23)13-5-8-16(20)14(9-13)10-24-2/h3-9,11,17,22H,10H2,1-2H3,(H,21,23). The molecule has 0 spiro atoms. The number of aliphatic hydroxyl groups is 1. The molecule has 0 aliphatic carbocycles. The number of amides is 1. The lowest BCUT2D eigenvalue weighted by Gasteiger charge is -2.21. The van der Waals surface area contributed by atoms with Crippen molar-refractivity contribution in [2.75, 3.05) is 7.11 Å². The van der Waals surface area contributed by atoms with Gasteiger partial charge < -0.3 is 15.2 Å². The van der Waals surface area contributed by atoms with E-state index in [1.807, 2.05) is 0 Å². The van der Waals surface area contributed by atoms with E-state index < -0.39 is 29.7 Å². The first kappa shape index (κ1) is 18.0. The molecule has 0 saturated heterocycles. The van der Waals surface area contributed by atoms with Gasteiger partial charge in [0.1, 0.15) is 11.6 Å². The third-order valence-electron chi connectivity index (χ3n) is 3.65. The van der Waals surface area contributed by atoms with Crippen LogP contribution in [0.1, 0.15) is 34.5 Å². The summed E-state index contributed by atoms with van der Waals surface area (Å²) >= 11 is 0. The van der Waals surface area contributed by atoms with Crippen LogP contribution in [0.2, 0.25) is 0 Å². The third-order valence-corrected chi connectivity index (χ3v) is 3.65. The average Bonchev–Trinajstić information content (AvgIpc) is 2.57. The van der Waals surface area contributed by atoms with Crippen LogP contribution in [0.15, 0.2) is 42.5 Å². The lowest BCUT2D eigenvalue weighted by Crippen LogP contribution is -2.37. The van der Waals surface area contributed by atoms with E-state index in [0.717, 1.165) is 0 Å². The van der Waals surface area contributed by atoms with Crippen molar-refractivity contribution in [2.45, 2.75) is 25.7 Å². The highest BCUT2D eigenvalue weighted by atomic mass is 19.1. The highest BCUT2D eigenvalue weighted by Gasteiger charge is 2.19. The molecule has 2 unspecified atom stereocenters. The van der Waals surface area contributed by atoms with Crippen LogP contribution >= 0.6 is 0 Å². The van der Waals surface area contributed by atoms with Gasteiger partial charge in [0.2, 0.25) is 0 Å². The molecule has 0 aliphatic rings. The predicted molar refractivity (Wildman–Crippen MR) is 85.4 cm³/mol. The summed E-state index contributed by atoms with van der Waals surface area (Å²) in [6.45, 7) is 1.69. The fourth-order valence-electron chi connectivity index (χ4n) is 2.30. The Morgan fingerprint density at radius 1 is 1.21 bits per heavy atom. The summed E-state index contributed by atoms with van der Waals surface area (Å²) in [6, 6.07) is 8.75. The Morgan fingerprint density at radius 2 is 1.88 bits per heavy atom. The number of aliphatic hydroxyl groups excluding tert-OH is 1. The second-order valence-electron chi connectivity index (χ2n) is 5.50. The number of benzene rings is 2. The minimum Gasteiger partial charge on any atom is -0.386 e. The van der Waals surface area contributed by atoms with Gasteiger partial charge in [0.15, 0.2) is 0 Å². The Labute approximate surface area is 139 Å². The van der Waals surface area contributed by atoms with E-state index in [2.05, 4.69) is 5.32 Å². The van der Waals surface area contributed by atoms with Crippen molar-refractivity contribution in [3.63, 3.8) is 0 Å². The van der Waals surface area contributed by atoms with Crippen molar-refractivity contribution in [3.05, 3.63) is 70.8 Å². The first-order valence-corrected chi connectivity index (χ1v) is 7.44. The maximum atomic E-state index is 13.6. The maximum absolute atomic E-state index is 13.6. The molecule has 2 rings (SSSR count). The summed E-state index contributed by atoms with van der Waals surface area (Å²) < 4.78 is 31.4. The molecule has 6 heteroatoms. The lowest BCUT2D eigenvalue weighted by atomic mass is 10.0. The molecule has 0 radical (unpaired) electrons. The SMILES string of the molecule is COCc1cc(C(=O)NC(C)C(O)c2ccc(F)cc2)ccc1F. The zero-order chi connectivity index (χ0) is 17.7. The second kappa shape index (κ2) is 7.99. The Hall–Kier alpha value is -2.31. The zero-order valence-electron chi connectivity index (χ0n) is 13.4. The summed E-state index contributed by atoms with van der Waals surface area (Å²) in [4.78, 5) is 12.3. The first-order chi connectivity index (χ1) is 11.4. The molecule has 0 fully saturated rings.